The van der Waals surface area contributed by atoms with Gasteiger partial charge in [-0.3, -0.25) is 0 Å². The average Bonchev–Trinajstić information content (AvgIpc) is 2.71. The number of fused-ring (bicyclic) bond motifs is 3. The zero-order chi connectivity index (χ0) is 10.7. The molecule has 0 saturated carbocycles. The second kappa shape index (κ2) is 2.95. The molecule has 82 valence electrons. The molecule has 1 aromatic carbocycles. The Labute approximate surface area is 99.2 Å². The summed E-state index contributed by atoms with van der Waals surface area (Å²) in [5.41, 5.74) is 2.74. The van der Waals surface area contributed by atoms with E-state index >= 15 is 0 Å². The van der Waals surface area contributed by atoms with Gasteiger partial charge in [-0.2, -0.15) is 0 Å². The Bertz CT molecular complexity index is 565. The molecule has 1 N–H and O–H groups in total. The van der Waals surface area contributed by atoms with Gasteiger partial charge in [-0.15, -0.1) is 0 Å². The van der Waals surface area contributed by atoms with Crippen molar-refractivity contribution in [1.29, 1.82) is 0 Å². The van der Waals surface area contributed by atoms with Crippen molar-refractivity contribution in [3.63, 3.8) is 0 Å². The summed E-state index contributed by atoms with van der Waals surface area (Å²) >= 11 is 6.09. The molecule has 2 nitrogen and oxygen atoms in total. The predicted octanol–water partition coefficient (Wildman–Crippen LogP) is 3.52. The summed E-state index contributed by atoms with van der Waals surface area (Å²) in [6.45, 7) is 2.41. The van der Waals surface area contributed by atoms with Gasteiger partial charge in [0, 0.05) is 34.6 Å². The van der Waals surface area contributed by atoms with E-state index in [1.54, 1.807) is 0 Å². The van der Waals surface area contributed by atoms with Crippen molar-refractivity contribution in [2.75, 3.05) is 18.0 Å². The fraction of sp³-hybridized carbons (Fsp3) is 0.385. The maximum Gasteiger partial charge on any atom is 0.110 e. The van der Waals surface area contributed by atoms with Crippen LogP contribution in [0.5, 0.6) is 0 Å². The fourth-order valence-corrected chi connectivity index (χ4v) is 3.40. The minimum atomic E-state index is 0.743. The standard InChI is InChI=1S/C13H13ClN2/c14-9-1-2-11-10(7-9)12-8-3-5-16(6-4-8)13(12)15-11/h1-2,7-8,15H,3-6H2. The molecule has 16 heavy (non-hydrogen) atoms. The van der Waals surface area contributed by atoms with Crippen molar-refractivity contribution in [2.45, 2.75) is 18.8 Å². The molecule has 4 heterocycles. The zero-order valence-electron chi connectivity index (χ0n) is 8.96. The summed E-state index contributed by atoms with van der Waals surface area (Å²) in [6, 6.07) is 6.16. The summed E-state index contributed by atoms with van der Waals surface area (Å²) in [4.78, 5) is 6.02. The number of halogens is 1. The molecular formula is C13H13ClN2. The Balaban J connectivity index is 2.08. The summed E-state index contributed by atoms with van der Waals surface area (Å²) in [7, 11) is 0. The highest BCUT2D eigenvalue weighted by molar-refractivity contribution is 6.31. The fourth-order valence-electron chi connectivity index (χ4n) is 3.23. The number of rotatable bonds is 0. The van der Waals surface area contributed by atoms with Gasteiger partial charge >= 0.3 is 0 Å². The molecular weight excluding hydrogens is 220 g/mol. The van der Waals surface area contributed by atoms with E-state index in [2.05, 4.69) is 22.0 Å². The number of aromatic nitrogens is 1. The van der Waals surface area contributed by atoms with Gasteiger partial charge in [0.05, 0.1) is 0 Å². The number of benzene rings is 1. The van der Waals surface area contributed by atoms with Crippen LogP contribution >= 0.6 is 11.6 Å². The highest BCUT2D eigenvalue weighted by Gasteiger charge is 2.33. The summed E-state index contributed by atoms with van der Waals surface area (Å²) in [5, 5.41) is 2.17. The molecule has 2 bridgehead atoms. The lowest BCUT2D eigenvalue weighted by atomic mass is 9.84. The number of H-pyrrole nitrogens is 1. The quantitative estimate of drug-likeness (QED) is 0.737. The Kier molecular flexibility index (Phi) is 1.65. The van der Waals surface area contributed by atoms with Crippen molar-refractivity contribution in [3.8, 4) is 0 Å². The molecule has 0 amide bonds. The number of hydrogen-bond acceptors (Lipinski definition) is 1. The predicted molar refractivity (Wildman–Crippen MR) is 67.5 cm³/mol. The van der Waals surface area contributed by atoms with Gasteiger partial charge < -0.3 is 9.88 Å². The van der Waals surface area contributed by atoms with Crippen LogP contribution in [0.3, 0.4) is 0 Å². The van der Waals surface area contributed by atoms with Gasteiger partial charge in [-0.25, -0.2) is 0 Å². The Morgan fingerprint density at radius 2 is 2.06 bits per heavy atom. The number of anilines is 1. The van der Waals surface area contributed by atoms with E-state index < -0.39 is 0 Å². The molecule has 3 aliphatic heterocycles. The van der Waals surface area contributed by atoms with E-state index in [0.717, 1.165) is 10.9 Å². The van der Waals surface area contributed by atoms with Gasteiger partial charge in [0.25, 0.3) is 0 Å². The van der Waals surface area contributed by atoms with Gasteiger partial charge in [-0.1, -0.05) is 11.6 Å². The minimum absolute atomic E-state index is 0.743. The average molecular weight is 233 g/mol. The number of nitrogens with zero attached hydrogens (tertiary/aromatic N) is 1. The zero-order valence-corrected chi connectivity index (χ0v) is 9.72. The van der Waals surface area contributed by atoms with Crippen LogP contribution in [-0.4, -0.2) is 18.1 Å². The highest BCUT2D eigenvalue weighted by Crippen LogP contribution is 2.46. The summed E-state index contributed by atoms with van der Waals surface area (Å²) < 4.78 is 0. The first kappa shape index (κ1) is 8.94. The van der Waals surface area contributed by atoms with Crippen molar-refractivity contribution in [3.05, 3.63) is 28.8 Å². The lowest BCUT2D eigenvalue weighted by Gasteiger charge is -2.40. The summed E-state index contributed by atoms with van der Waals surface area (Å²) in [5.74, 6) is 2.09. The minimum Gasteiger partial charge on any atom is -0.358 e. The van der Waals surface area contributed by atoms with Crippen molar-refractivity contribution < 1.29 is 0 Å². The largest absolute Gasteiger partial charge is 0.358 e. The van der Waals surface area contributed by atoms with E-state index in [-0.39, 0.29) is 0 Å². The lowest BCUT2D eigenvalue weighted by Crippen LogP contribution is -2.38. The monoisotopic (exact) mass is 232 g/mol. The van der Waals surface area contributed by atoms with Gasteiger partial charge in [-0.05, 0) is 37.0 Å². The van der Waals surface area contributed by atoms with Crippen LogP contribution < -0.4 is 4.90 Å². The molecule has 5 rings (SSSR count). The normalized spacial score (nSPS) is 19.4. The van der Waals surface area contributed by atoms with Crippen molar-refractivity contribution in [2.24, 2.45) is 0 Å². The molecule has 3 aliphatic rings. The van der Waals surface area contributed by atoms with Gasteiger partial charge in [0.1, 0.15) is 5.82 Å². The maximum absolute atomic E-state index is 6.09. The number of aromatic amines is 1. The Morgan fingerprint density at radius 3 is 2.88 bits per heavy atom. The molecule has 0 atom stereocenters. The van der Waals surface area contributed by atoms with Crippen LogP contribution in [0.2, 0.25) is 5.02 Å². The number of nitrogens with one attached hydrogen (secondary N) is 1. The lowest BCUT2D eigenvalue weighted by molar-refractivity contribution is 0.475. The molecule has 0 unspecified atom stereocenters. The SMILES string of the molecule is Clc1ccc2[nH]c3c(c2c1)C1CCN3CC1. The second-order valence-electron chi connectivity index (χ2n) is 4.84. The van der Waals surface area contributed by atoms with Gasteiger partial charge in [0.15, 0.2) is 0 Å². The molecule has 1 aromatic heterocycles. The highest BCUT2D eigenvalue weighted by atomic mass is 35.5. The second-order valence-corrected chi connectivity index (χ2v) is 5.27. The van der Waals surface area contributed by atoms with Crippen LogP contribution in [-0.2, 0) is 0 Å². The third kappa shape index (κ3) is 1.03. The molecule has 1 fully saturated rings. The van der Waals surface area contributed by atoms with Crippen LogP contribution in [0.4, 0.5) is 5.82 Å². The number of piperidine rings is 1. The molecule has 0 aliphatic carbocycles. The van der Waals surface area contributed by atoms with E-state index in [4.69, 9.17) is 11.6 Å². The van der Waals surface area contributed by atoms with E-state index in [0.29, 0.717) is 0 Å². The van der Waals surface area contributed by atoms with Crippen LogP contribution in [0.25, 0.3) is 10.9 Å². The van der Waals surface area contributed by atoms with Gasteiger partial charge in [0.2, 0.25) is 0 Å². The molecule has 3 heteroatoms. The molecule has 1 saturated heterocycles. The van der Waals surface area contributed by atoms with Crippen molar-refractivity contribution >= 4 is 28.3 Å². The van der Waals surface area contributed by atoms with E-state index in [1.807, 2.05) is 6.07 Å². The topological polar surface area (TPSA) is 19.0 Å². The van der Waals surface area contributed by atoms with Crippen LogP contribution in [0.1, 0.15) is 24.3 Å². The summed E-state index contributed by atoms with van der Waals surface area (Å²) in [6.07, 6.45) is 2.60. The Hall–Kier alpha value is -1.15. The maximum atomic E-state index is 6.09. The first-order chi connectivity index (χ1) is 7.83. The van der Waals surface area contributed by atoms with Crippen LogP contribution in [0, 0.1) is 0 Å². The van der Waals surface area contributed by atoms with Crippen LogP contribution in [0.15, 0.2) is 18.2 Å². The first-order valence-electron chi connectivity index (χ1n) is 5.89. The smallest absolute Gasteiger partial charge is 0.110 e. The third-order valence-corrected chi connectivity index (χ3v) is 4.23. The molecule has 0 radical (unpaired) electrons. The Morgan fingerprint density at radius 1 is 1.25 bits per heavy atom. The third-order valence-electron chi connectivity index (χ3n) is 4.00. The van der Waals surface area contributed by atoms with E-state index in [1.165, 1.54) is 48.2 Å². The van der Waals surface area contributed by atoms with Crippen molar-refractivity contribution in [1.82, 2.24) is 4.98 Å². The number of hydrogen-bond donors (Lipinski definition) is 1. The van der Waals surface area contributed by atoms with E-state index in [9.17, 15) is 0 Å². The first-order valence-corrected chi connectivity index (χ1v) is 6.27. The molecule has 0 spiro atoms. The molecule has 2 aromatic rings.